The van der Waals surface area contributed by atoms with Gasteiger partial charge in [0.2, 0.25) is 0 Å². The number of para-hydroxylation sites is 2. The van der Waals surface area contributed by atoms with E-state index >= 15 is 0 Å². The summed E-state index contributed by atoms with van der Waals surface area (Å²) in [4.78, 5) is 18.6. The lowest BCUT2D eigenvalue weighted by molar-refractivity contribution is 0.0792. The number of hydrogen-bond donors (Lipinski definition) is 1. The number of carbonyl (C=O) groups is 1. The number of hydrogen-bond acceptors (Lipinski definition) is 4. The average molecular weight is 325 g/mol. The normalized spacial score (nSPS) is 14.0. The highest BCUT2D eigenvalue weighted by molar-refractivity contribution is 5.95. The van der Waals surface area contributed by atoms with Crippen molar-refractivity contribution in [3.05, 3.63) is 48.3 Å². The zero-order chi connectivity index (χ0) is 16.9. The monoisotopic (exact) mass is 325 g/mol. The molecule has 1 aliphatic heterocycles. The fraction of sp³-hybridized carbons (Fsp3) is 0.368. The van der Waals surface area contributed by atoms with E-state index in [1.165, 1.54) is 0 Å². The molecule has 0 aliphatic carbocycles. The number of aromatic nitrogens is 1. The molecule has 0 saturated carbocycles. The van der Waals surface area contributed by atoms with Gasteiger partial charge in [-0.1, -0.05) is 12.1 Å². The van der Waals surface area contributed by atoms with Crippen molar-refractivity contribution >= 4 is 17.3 Å². The molecule has 1 aromatic heterocycles. The molecule has 1 amide bonds. The van der Waals surface area contributed by atoms with Crippen LogP contribution in [-0.4, -0.2) is 35.0 Å². The summed E-state index contributed by atoms with van der Waals surface area (Å²) in [5, 5.41) is 3.31. The molecule has 1 aliphatic rings. The average Bonchev–Trinajstić information content (AvgIpc) is 3.10. The lowest BCUT2D eigenvalue weighted by atomic mass is 10.2. The second-order valence-electron chi connectivity index (χ2n) is 6.25. The van der Waals surface area contributed by atoms with Gasteiger partial charge < -0.3 is 15.0 Å². The van der Waals surface area contributed by atoms with Crippen molar-refractivity contribution in [2.75, 3.05) is 18.4 Å². The third-order valence-electron chi connectivity index (χ3n) is 3.91. The molecule has 1 saturated heterocycles. The summed E-state index contributed by atoms with van der Waals surface area (Å²) in [6, 6.07) is 9.61. The highest BCUT2D eigenvalue weighted by Gasteiger charge is 2.20. The molecule has 3 rings (SSSR count). The van der Waals surface area contributed by atoms with Crippen molar-refractivity contribution in [2.45, 2.75) is 32.8 Å². The number of anilines is 2. The molecule has 0 atom stereocenters. The Bertz CT molecular complexity index is 709. The van der Waals surface area contributed by atoms with E-state index in [0.717, 1.165) is 43.1 Å². The zero-order valence-corrected chi connectivity index (χ0v) is 14.2. The first-order valence-electron chi connectivity index (χ1n) is 8.40. The van der Waals surface area contributed by atoms with Crippen molar-refractivity contribution in [3.63, 3.8) is 0 Å². The van der Waals surface area contributed by atoms with Crippen molar-refractivity contribution in [1.82, 2.24) is 9.88 Å². The summed E-state index contributed by atoms with van der Waals surface area (Å²) >= 11 is 0. The Labute approximate surface area is 142 Å². The van der Waals surface area contributed by atoms with Crippen LogP contribution in [0.2, 0.25) is 0 Å². The Balaban J connectivity index is 1.79. The fourth-order valence-electron chi connectivity index (χ4n) is 2.81. The van der Waals surface area contributed by atoms with Gasteiger partial charge in [-0.05, 0) is 44.9 Å². The molecule has 5 heteroatoms. The first kappa shape index (κ1) is 16.3. The maximum absolute atomic E-state index is 12.5. The summed E-state index contributed by atoms with van der Waals surface area (Å²) in [6.07, 6.45) is 5.60. The standard InChI is InChI=1S/C19H23N3O2/c1-14(2)24-18-8-4-3-7-17(18)21-16-11-15(12-20-13-16)19(23)22-9-5-6-10-22/h3-4,7-8,11-14,21H,5-6,9-10H2,1-2H3. The van der Waals surface area contributed by atoms with Crippen molar-refractivity contribution in [2.24, 2.45) is 0 Å². The minimum atomic E-state index is 0.0513. The van der Waals surface area contributed by atoms with Crippen LogP contribution in [0.25, 0.3) is 0 Å². The summed E-state index contributed by atoms with van der Waals surface area (Å²) in [5.74, 6) is 0.833. The Kier molecular flexibility index (Phi) is 4.99. The molecule has 1 fully saturated rings. The molecule has 1 N–H and O–H groups in total. The first-order valence-corrected chi connectivity index (χ1v) is 8.40. The summed E-state index contributed by atoms with van der Waals surface area (Å²) in [7, 11) is 0. The zero-order valence-electron chi connectivity index (χ0n) is 14.2. The summed E-state index contributed by atoms with van der Waals surface area (Å²) < 4.78 is 5.82. The van der Waals surface area contributed by atoms with Crippen molar-refractivity contribution in [1.29, 1.82) is 0 Å². The number of pyridine rings is 1. The van der Waals surface area contributed by atoms with Crippen LogP contribution in [-0.2, 0) is 0 Å². The van der Waals surface area contributed by atoms with Crippen LogP contribution < -0.4 is 10.1 Å². The topological polar surface area (TPSA) is 54.5 Å². The predicted octanol–water partition coefficient (Wildman–Crippen LogP) is 3.85. The van der Waals surface area contributed by atoms with Gasteiger partial charge in [0, 0.05) is 19.3 Å². The number of amides is 1. The van der Waals surface area contributed by atoms with Crippen LogP contribution in [0.1, 0.15) is 37.0 Å². The molecule has 1 aromatic carbocycles. The van der Waals surface area contributed by atoms with E-state index in [1.54, 1.807) is 12.4 Å². The second kappa shape index (κ2) is 7.34. The third kappa shape index (κ3) is 3.85. The minimum absolute atomic E-state index is 0.0513. The number of nitrogens with zero attached hydrogens (tertiary/aromatic N) is 2. The maximum Gasteiger partial charge on any atom is 0.255 e. The number of nitrogens with one attached hydrogen (secondary N) is 1. The molecule has 0 spiro atoms. The smallest absolute Gasteiger partial charge is 0.255 e. The van der Waals surface area contributed by atoms with Gasteiger partial charge in [-0.2, -0.15) is 0 Å². The van der Waals surface area contributed by atoms with E-state index < -0.39 is 0 Å². The van der Waals surface area contributed by atoms with E-state index in [0.29, 0.717) is 5.56 Å². The number of likely N-dealkylation sites (tertiary alicyclic amines) is 1. The number of ether oxygens (including phenoxy) is 1. The largest absolute Gasteiger partial charge is 0.489 e. The van der Waals surface area contributed by atoms with E-state index in [-0.39, 0.29) is 12.0 Å². The number of carbonyl (C=O) groups excluding carboxylic acids is 1. The Morgan fingerprint density at radius 1 is 1.21 bits per heavy atom. The number of rotatable bonds is 5. The summed E-state index contributed by atoms with van der Waals surface area (Å²) in [6.45, 7) is 5.66. The Morgan fingerprint density at radius 2 is 1.96 bits per heavy atom. The Morgan fingerprint density at radius 3 is 2.71 bits per heavy atom. The molecule has 0 radical (unpaired) electrons. The molecule has 24 heavy (non-hydrogen) atoms. The SMILES string of the molecule is CC(C)Oc1ccccc1Nc1cncc(C(=O)N2CCCC2)c1. The van der Waals surface area contributed by atoms with E-state index in [2.05, 4.69) is 10.3 Å². The predicted molar refractivity (Wildman–Crippen MR) is 94.9 cm³/mol. The van der Waals surface area contributed by atoms with E-state index in [4.69, 9.17) is 4.74 Å². The molecule has 2 aromatic rings. The second-order valence-corrected chi connectivity index (χ2v) is 6.25. The summed E-state index contributed by atoms with van der Waals surface area (Å²) in [5.41, 5.74) is 2.25. The molecular weight excluding hydrogens is 302 g/mol. The molecule has 2 heterocycles. The van der Waals surface area contributed by atoms with Crippen molar-refractivity contribution < 1.29 is 9.53 Å². The van der Waals surface area contributed by atoms with Gasteiger partial charge >= 0.3 is 0 Å². The molecular formula is C19H23N3O2. The van der Waals surface area contributed by atoms with Gasteiger partial charge in [-0.15, -0.1) is 0 Å². The number of benzene rings is 1. The quantitative estimate of drug-likeness (QED) is 0.907. The van der Waals surface area contributed by atoms with E-state index in [9.17, 15) is 4.79 Å². The van der Waals surface area contributed by atoms with Crippen LogP contribution in [0.3, 0.4) is 0 Å². The highest BCUT2D eigenvalue weighted by atomic mass is 16.5. The van der Waals surface area contributed by atoms with Gasteiger partial charge in [-0.25, -0.2) is 0 Å². The van der Waals surface area contributed by atoms with Crippen molar-refractivity contribution in [3.8, 4) is 5.75 Å². The van der Waals surface area contributed by atoms with Gasteiger partial charge in [0.15, 0.2) is 0 Å². The van der Waals surface area contributed by atoms with E-state index in [1.807, 2.05) is 49.1 Å². The van der Waals surface area contributed by atoms with Crippen LogP contribution in [0.5, 0.6) is 5.75 Å². The van der Waals surface area contributed by atoms with Gasteiger partial charge in [0.25, 0.3) is 5.91 Å². The van der Waals surface area contributed by atoms with Crippen LogP contribution in [0, 0.1) is 0 Å². The van der Waals surface area contributed by atoms with Gasteiger partial charge in [-0.3, -0.25) is 9.78 Å². The third-order valence-corrected chi connectivity index (χ3v) is 3.91. The lowest BCUT2D eigenvalue weighted by Gasteiger charge is -2.17. The highest BCUT2D eigenvalue weighted by Crippen LogP contribution is 2.28. The van der Waals surface area contributed by atoms with Gasteiger partial charge in [0.1, 0.15) is 5.75 Å². The molecule has 5 nitrogen and oxygen atoms in total. The van der Waals surface area contributed by atoms with Crippen LogP contribution in [0.4, 0.5) is 11.4 Å². The lowest BCUT2D eigenvalue weighted by Crippen LogP contribution is -2.27. The van der Waals surface area contributed by atoms with Gasteiger partial charge in [0.05, 0.1) is 29.2 Å². The Hall–Kier alpha value is -2.56. The van der Waals surface area contributed by atoms with Crippen LogP contribution >= 0.6 is 0 Å². The molecule has 0 unspecified atom stereocenters. The minimum Gasteiger partial charge on any atom is -0.489 e. The maximum atomic E-state index is 12.5. The molecule has 126 valence electrons. The molecule has 0 bridgehead atoms. The van der Waals surface area contributed by atoms with Crippen LogP contribution in [0.15, 0.2) is 42.7 Å². The fourth-order valence-corrected chi connectivity index (χ4v) is 2.81. The first-order chi connectivity index (χ1) is 11.6.